The number of nitrogens with one attached hydrogen (secondary N) is 1. The Morgan fingerprint density at radius 2 is 2.09 bits per heavy atom. The molecule has 1 aromatic carbocycles. The number of halogens is 1. The molecule has 6 rings (SSSR count). The lowest BCUT2D eigenvalue weighted by atomic mass is 9.74. The molecule has 1 aliphatic carbocycles. The van der Waals surface area contributed by atoms with Crippen molar-refractivity contribution in [3.05, 3.63) is 35.5 Å². The highest BCUT2D eigenvalue weighted by atomic mass is 32.1. The van der Waals surface area contributed by atoms with Crippen molar-refractivity contribution in [1.82, 2.24) is 25.5 Å². The summed E-state index contributed by atoms with van der Waals surface area (Å²) in [5.74, 6) is 0.484. The average molecular weight is 492 g/mol. The van der Waals surface area contributed by atoms with E-state index in [1.807, 2.05) is 6.07 Å². The van der Waals surface area contributed by atoms with Crippen molar-refractivity contribution in [3.8, 4) is 33.6 Å². The summed E-state index contributed by atoms with van der Waals surface area (Å²) in [5.41, 5.74) is 1.60. The molecule has 0 unspecified atom stereocenters. The molecule has 3 aliphatic rings. The zero-order chi connectivity index (χ0) is 24.2. The van der Waals surface area contributed by atoms with Crippen molar-refractivity contribution >= 4 is 17.3 Å². The fourth-order valence-electron chi connectivity index (χ4n) is 5.58. The second-order valence-corrected chi connectivity index (χ2v) is 11.1. The number of phenolic OH excluding ortho intramolecular Hbond substituents is 1. The third-order valence-electron chi connectivity index (χ3n) is 7.40. The van der Waals surface area contributed by atoms with Crippen molar-refractivity contribution in [3.63, 3.8) is 0 Å². The highest BCUT2D eigenvalue weighted by Crippen LogP contribution is 2.42. The highest BCUT2D eigenvalue weighted by Gasteiger charge is 2.50. The van der Waals surface area contributed by atoms with Gasteiger partial charge in [0.2, 0.25) is 5.95 Å². The average Bonchev–Trinajstić information content (AvgIpc) is 3.57. The summed E-state index contributed by atoms with van der Waals surface area (Å²) in [5, 5.41) is 32.6. The summed E-state index contributed by atoms with van der Waals surface area (Å²) in [7, 11) is 0. The highest BCUT2D eigenvalue weighted by molar-refractivity contribution is 7.15. The van der Waals surface area contributed by atoms with Crippen LogP contribution in [-0.2, 0) is 0 Å². The van der Waals surface area contributed by atoms with Gasteiger partial charge in [-0.3, -0.25) is 0 Å². The van der Waals surface area contributed by atoms with Crippen molar-refractivity contribution in [2.24, 2.45) is 0 Å². The van der Waals surface area contributed by atoms with E-state index in [2.05, 4.69) is 43.4 Å². The molecule has 0 radical (unpaired) electrons. The number of rotatable bonds is 5. The minimum absolute atomic E-state index is 0.0297. The van der Waals surface area contributed by atoms with Crippen LogP contribution in [0.4, 0.5) is 10.3 Å². The number of alkyl halides is 1. The molecule has 180 valence electrons. The second kappa shape index (κ2) is 8.50. The molecule has 0 spiro atoms. The molecule has 1 saturated carbocycles. The van der Waals surface area contributed by atoms with Crippen LogP contribution in [0, 0.1) is 11.3 Å². The Morgan fingerprint density at radius 1 is 1.23 bits per heavy atom. The number of aromatic nitrogens is 4. The third kappa shape index (κ3) is 4.13. The number of aromatic hydroxyl groups is 1. The first kappa shape index (κ1) is 22.3. The number of anilines is 1. The molecule has 2 N–H and O–H groups in total. The number of benzene rings is 1. The van der Waals surface area contributed by atoms with Gasteiger partial charge >= 0.3 is 0 Å². The van der Waals surface area contributed by atoms with E-state index < -0.39 is 6.17 Å². The van der Waals surface area contributed by atoms with E-state index in [0.717, 1.165) is 38.5 Å². The van der Waals surface area contributed by atoms with Gasteiger partial charge in [0.25, 0.3) is 0 Å². The molecule has 10 heteroatoms. The Labute approximate surface area is 206 Å². The predicted octanol–water partition coefficient (Wildman–Crippen LogP) is 4.22. The second-order valence-electron chi connectivity index (χ2n) is 10.1. The van der Waals surface area contributed by atoms with Crippen LogP contribution in [-0.4, -0.2) is 55.1 Å². The summed E-state index contributed by atoms with van der Waals surface area (Å²) in [6.07, 6.45) is 7.85. The molecule has 3 fully saturated rings. The van der Waals surface area contributed by atoms with E-state index in [0.29, 0.717) is 32.7 Å². The first-order valence-corrected chi connectivity index (χ1v) is 12.9. The number of fused-ring (bicyclic) bond motifs is 2. The van der Waals surface area contributed by atoms with Crippen molar-refractivity contribution in [2.45, 2.75) is 75.3 Å². The Bertz CT molecular complexity index is 1290. The van der Waals surface area contributed by atoms with E-state index in [1.165, 1.54) is 17.5 Å². The largest absolute Gasteiger partial charge is 0.507 e. The number of hydrogen-bond donors (Lipinski definition) is 2. The molecule has 3 aromatic rings. The summed E-state index contributed by atoms with van der Waals surface area (Å²) < 4.78 is 15.6. The van der Waals surface area contributed by atoms with E-state index in [9.17, 15) is 5.11 Å². The van der Waals surface area contributed by atoms with E-state index in [4.69, 9.17) is 5.26 Å². The number of nitrogens with zero attached hydrogens (tertiary/aromatic N) is 6. The van der Waals surface area contributed by atoms with E-state index in [1.54, 1.807) is 18.3 Å². The minimum atomic E-state index is -0.976. The van der Waals surface area contributed by atoms with E-state index >= 15 is 4.39 Å². The molecule has 2 aliphatic heterocycles. The third-order valence-corrected chi connectivity index (χ3v) is 8.35. The fourth-order valence-corrected chi connectivity index (χ4v) is 6.29. The van der Waals surface area contributed by atoms with E-state index in [-0.39, 0.29) is 29.4 Å². The Hall–Kier alpha value is -3.16. The molecule has 35 heavy (non-hydrogen) atoms. The van der Waals surface area contributed by atoms with Crippen LogP contribution < -0.4 is 10.2 Å². The first-order valence-electron chi connectivity index (χ1n) is 12.0. The van der Waals surface area contributed by atoms with Crippen LogP contribution in [0.2, 0.25) is 0 Å². The van der Waals surface area contributed by atoms with Gasteiger partial charge in [-0.25, -0.2) is 14.4 Å². The molecule has 4 heterocycles. The van der Waals surface area contributed by atoms with Gasteiger partial charge in [-0.1, -0.05) is 6.07 Å². The van der Waals surface area contributed by atoms with Gasteiger partial charge in [0.1, 0.15) is 33.6 Å². The predicted molar refractivity (Wildman–Crippen MR) is 131 cm³/mol. The zero-order valence-corrected chi connectivity index (χ0v) is 20.2. The van der Waals surface area contributed by atoms with Gasteiger partial charge in [0, 0.05) is 28.7 Å². The maximum Gasteiger partial charge on any atom is 0.245 e. The van der Waals surface area contributed by atoms with Crippen LogP contribution in [0.1, 0.15) is 50.3 Å². The number of piperidine rings is 2. The summed E-state index contributed by atoms with van der Waals surface area (Å²) >= 11 is 1.27. The SMILES string of the molecule is C[C@]12CCC[C@H](N1)[C@H](F)[C@H](N(c1ncc(-c3ccc(-c4ncc(C#N)s4)cc3O)nn1)C1CC1)C2. The standard InChI is InChI=1S/C25H26FN7OS/c1-25-8-2-3-18(30-25)22(26)20(10-25)33(15-5-6-15)24-29-13-19(31-32-24)17-7-4-14(9-21(17)34)23-28-12-16(11-27)35-23/h4,7,9,12-13,15,18,20,22,30,34H,2-3,5-6,8,10H2,1H3/t18-,20+,22-,25+/m0/s1. The van der Waals surface area contributed by atoms with Crippen LogP contribution in [0.5, 0.6) is 5.75 Å². The molecule has 8 nitrogen and oxygen atoms in total. The first-order chi connectivity index (χ1) is 16.9. The lowest BCUT2D eigenvalue weighted by Crippen LogP contribution is -2.67. The van der Waals surface area contributed by atoms with Crippen LogP contribution in [0.25, 0.3) is 21.8 Å². The zero-order valence-electron chi connectivity index (χ0n) is 19.4. The van der Waals surface area contributed by atoms with Gasteiger partial charge in [-0.05, 0) is 57.6 Å². The van der Waals surface area contributed by atoms with Crippen molar-refractivity contribution in [2.75, 3.05) is 4.90 Å². The molecule has 2 aromatic heterocycles. The van der Waals surface area contributed by atoms with Gasteiger partial charge in [0.15, 0.2) is 0 Å². The summed E-state index contributed by atoms with van der Waals surface area (Å²) in [6, 6.07) is 7.09. The quantitative estimate of drug-likeness (QED) is 0.546. The van der Waals surface area contributed by atoms with Crippen molar-refractivity contribution < 1.29 is 9.50 Å². The van der Waals surface area contributed by atoms with Crippen molar-refractivity contribution in [1.29, 1.82) is 5.26 Å². The normalized spacial score (nSPS) is 27.9. The van der Waals surface area contributed by atoms with Gasteiger partial charge in [0.05, 0.1) is 18.4 Å². The molecule has 2 bridgehead atoms. The lowest BCUT2D eigenvalue weighted by molar-refractivity contribution is 0.0582. The van der Waals surface area contributed by atoms with Gasteiger partial charge < -0.3 is 15.3 Å². The monoisotopic (exact) mass is 491 g/mol. The number of hydrogen-bond acceptors (Lipinski definition) is 9. The summed E-state index contributed by atoms with van der Waals surface area (Å²) in [6.45, 7) is 2.20. The lowest BCUT2D eigenvalue weighted by Gasteiger charge is -2.52. The van der Waals surface area contributed by atoms with Gasteiger partial charge in [-0.15, -0.1) is 21.5 Å². The number of nitriles is 1. The number of thiazole rings is 1. The summed E-state index contributed by atoms with van der Waals surface area (Å²) in [4.78, 5) is 11.4. The maximum atomic E-state index is 15.6. The number of phenols is 1. The topological polar surface area (TPSA) is 111 Å². The van der Waals surface area contributed by atoms with Crippen LogP contribution >= 0.6 is 11.3 Å². The molecular formula is C25H26FN7OS. The Balaban J connectivity index is 1.26. The molecular weight excluding hydrogens is 465 g/mol. The van der Waals surface area contributed by atoms with Crippen LogP contribution in [0.3, 0.4) is 0 Å². The Morgan fingerprint density at radius 3 is 2.77 bits per heavy atom. The minimum Gasteiger partial charge on any atom is -0.507 e. The molecule has 4 atom stereocenters. The molecule has 0 amide bonds. The van der Waals surface area contributed by atoms with Crippen LogP contribution in [0.15, 0.2) is 30.6 Å². The molecule has 2 saturated heterocycles. The maximum absolute atomic E-state index is 15.6. The Kier molecular flexibility index (Phi) is 5.42. The fraction of sp³-hybridized carbons (Fsp3) is 0.480. The smallest absolute Gasteiger partial charge is 0.245 e. The van der Waals surface area contributed by atoms with Gasteiger partial charge in [-0.2, -0.15) is 5.26 Å².